The molecule has 0 spiro atoms. The van der Waals surface area contributed by atoms with Gasteiger partial charge in [0, 0.05) is 19.1 Å². The fraction of sp³-hybridized carbons (Fsp3) is 0.833. The highest BCUT2D eigenvalue weighted by Gasteiger charge is 2.30. The summed E-state index contributed by atoms with van der Waals surface area (Å²) in [6, 6.07) is 0.556. The van der Waals surface area contributed by atoms with Crippen molar-refractivity contribution >= 4 is 11.9 Å². The van der Waals surface area contributed by atoms with Gasteiger partial charge in [-0.3, -0.25) is 14.5 Å². The number of amides is 1. The number of nitrogens with zero attached hydrogens (tertiary/aromatic N) is 2. The Morgan fingerprint density at radius 1 is 1.29 bits per heavy atom. The molecule has 1 amide bonds. The molecular weight excluding hydrogens is 220 g/mol. The number of carbonyl (C=O) groups excluding carboxylic acids is 2. The van der Waals surface area contributed by atoms with E-state index in [1.807, 2.05) is 25.8 Å². The number of esters is 1. The van der Waals surface area contributed by atoms with Crippen LogP contribution in [-0.4, -0.2) is 61.0 Å². The molecule has 1 rings (SSSR count). The monoisotopic (exact) mass is 242 g/mol. The van der Waals surface area contributed by atoms with E-state index in [1.54, 1.807) is 4.90 Å². The summed E-state index contributed by atoms with van der Waals surface area (Å²) < 4.78 is 4.63. The van der Waals surface area contributed by atoms with Crippen molar-refractivity contribution in [1.29, 1.82) is 0 Å². The fourth-order valence-corrected chi connectivity index (χ4v) is 1.60. The highest BCUT2D eigenvalue weighted by atomic mass is 16.5. The molecule has 0 bridgehead atoms. The van der Waals surface area contributed by atoms with Crippen LogP contribution in [0.1, 0.15) is 26.7 Å². The summed E-state index contributed by atoms with van der Waals surface area (Å²) in [5.74, 6) is -0.231. The van der Waals surface area contributed by atoms with Crippen LogP contribution in [0.4, 0.5) is 0 Å². The molecule has 5 heteroatoms. The predicted molar refractivity (Wildman–Crippen MR) is 64.5 cm³/mol. The number of carbonyl (C=O) groups is 2. The lowest BCUT2D eigenvalue weighted by Gasteiger charge is -2.27. The van der Waals surface area contributed by atoms with E-state index in [2.05, 4.69) is 4.74 Å². The van der Waals surface area contributed by atoms with Gasteiger partial charge in [0.25, 0.3) is 0 Å². The molecular formula is C12H22N2O3. The van der Waals surface area contributed by atoms with Gasteiger partial charge in [-0.2, -0.15) is 0 Å². The molecule has 0 radical (unpaired) electrons. The first-order chi connectivity index (χ1) is 7.95. The van der Waals surface area contributed by atoms with E-state index < -0.39 is 0 Å². The third-order valence-electron chi connectivity index (χ3n) is 3.12. The van der Waals surface area contributed by atoms with E-state index >= 15 is 0 Å². The summed E-state index contributed by atoms with van der Waals surface area (Å²) >= 11 is 0. The van der Waals surface area contributed by atoms with Crippen molar-refractivity contribution in [3.8, 4) is 0 Å². The topological polar surface area (TPSA) is 49.9 Å². The zero-order chi connectivity index (χ0) is 13.0. The Hall–Kier alpha value is -1.10. The number of methoxy groups -OCH3 is 1. The Balaban J connectivity index is 2.47. The van der Waals surface area contributed by atoms with Crippen molar-refractivity contribution in [2.45, 2.75) is 38.8 Å². The third-order valence-corrected chi connectivity index (χ3v) is 3.12. The standard InChI is InChI=1S/C12H22N2O3/c1-9(2)14(8-12(16)17-4)7-11(15)13(3)10-5-6-10/h9-10H,5-8H2,1-4H3. The summed E-state index contributed by atoms with van der Waals surface area (Å²) in [5, 5.41) is 0. The van der Waals surface area contributed by atoms with Gasteiger partial charge in [0.2, 0.25) is 5.91 Å². The minimum atomic E-state index is -0.305. The largest absolute Gasteiger partial charge is 0.468 e. The second-order valence-corrected chi connectivity index (χ2v) is 4.81. The van der Waals surface area contributed by atoms with Crippen LogP contribution in [0.15, 0.2) is 0 Å². The molecule has 1 fully saturated rings. The van der Waals surface area contributed by atoms with Crippen LogP contribution in [0.5, 0.6) is 0 Å². The molecule has 1 aliphatic rings. The summed E-state index contributed by atoms with van der Waals surface area (Å²) in [6.07, 6.45) is 2.20. The van der Waals surface area contributed by atoms with E-state index in [0.717, 1.165) is 12.8 Å². The average molecular weight is 242 g/mol. The molecule has 5 nitrogen and oxygen atoms in total. The lowest BCUT2D eigenvalue weighted by Crippen LogP contribution is -2.44. The van der Waals surface area contributed by atoms with Gasteiger partial charge in [-0.25, -0.2) is 0 Å². The van der Waals surface area contributed by atoms with Crippen molar-refractivity contribution in [2.24, 2.45) is 0 Å². The molecule has 17 heavy (non-hydrogen) atoms. The van der Waals surface area contributed by atoms with Gasteiger partial charge in [0.1, 0.15) is 0 Å². The third kappa shape index (κ3) is 4.34. The normalized spacial score (nSPS) is 15.2. The zero-order valence-electron chi connectivity index (χ0n) is 11.1. The van der Waals surface area contributed by atoms with Crippen molar-refractivity contribution in [1.82, 2.24) is 9.80 Å². The van der Waals surface area contributed by atoms with Crippen LogP contribution >= 0.6 is 0 Å². The average Bonchev–Trinajstić information content (AvgIpc) is 3.10. The van der Waals surface area contributed by atoms with Gasteiger partial charge in [0.15, 0.2) is 0 Å². The Morgan fingerprint density at radius 3 is 2.29 bits per heavy atom. The molecule has 1 saturated carbocycles. The maximum absolute atomic E-state index is 11.9. The molecule has 0 unspecified atom stereocenters. The molecule has 0 aromatic heterocycles. The maximum atomic E-state index is 11.9. The maximum Gasteiger partial charge on any atom is 0.319 e. The SMILES string of the molecule is COC(=O)CN(CC(=O)N(C)C1CC1)C(C)C. The number of likely N-dealkylation sites (N-methyl/N-ethyl adjacent to an activating group) is 1. The van der Waals surface area contributed by atoms with Crippen molar-refractivity contribution < 1.29 is 14.3 Å². The van der Waals surface area contributed by atoms with Crippen molar-refractivity contribution in [3.05, 3.63) is 0 Å². The summed E-state index contributed by atoms with van der Waals surface area (Å²) in [4.78, 5) is 26.8. The number of hydrogen-bond acceptors (Lipinski definition) is 4. The molecule has 0 aromatic rings. The van der Waals surface area contributed by atoms with Crippen LogP contribution in [0, 0.1) is 0 Å². The summed E-state index contributed by atoms with van der Waals surface area (Å²) in [5.41, 5.74) is 0. The number of ether oxygens (including phenoxy) is 1. The molecule has 0 N–H and O–H groups in total. The molecule has 98 valence electrons. The van der Waals surface area contributed by atoms with Crippen LogP contribution in [0.3, 0.4) is 0 Å². The van der Waals surface area contributed by atoms with E-state index in [4.69, 9.17) is 0 Å². The zero-order valence-corrected chi connectivity index (χ0v) is 11.1. The second kappa shape index (κ2) is 6.00. The van der Waals surface area contributed by atoms with Gasteiger partial charge >= 0.3 is 5.97 Å². The molecule has 0 aliphatic heterocycles. The van der Waals surface area contributed by atoms with Crippen LogP contribution in [-0.2, 0) is 14.3 Å². The Morgan fingerprint density at radius 2 is 1.88 bits per heavy atom. The van der Waals surface area contributed by atoms with E-state index in [-0.39, 0.29) is 31.0 Å². The van der Waals surface area contributed by atoms with Crippen LogP contribution in [0.25, 0.3) is 0 Å². The van der Waals surface area contributed by atoms with Crippen molar-refractivity contribution in [2.75, 3.05) is 27.2 Å². The first kappa shape index (κ1) is 14.0. The number of rotatable bonds is 6. The van der Waals surface area contributed by atoms with E-state index in [9.17, 15) is 9.59 Å². The summed E-state index contributed by atoms with van der Waals surface area (Å²) in [6.45, 7) is 4.37. The quantitative estimate of drug-likeness (QED) is 0.636. The van der Waals surface area contributed by atoms with Crippen LogP contribution < -0.4 is 0 Å². The minimum absolute atomic E-state index is 0.0742. The van der Waals surface area contributed by atoms with Gasteiger partial charge < -0.3 is 9.64 Å². The van der Waals surface area contributed by atoms with E-state index in [1.165, 1.54) is 7.11 Å². The lowest BCUT2D eigenvalue weighted by molar-refractivity contribution is -0.143. The number of hydrogen-bond donors (Lipinski definition) is 0. The van der Waals surface area contributed by atoms with Crippen molar-refractivity contribution in [3.63, 3.8) is 0 Å². The van der Waals surface area contributed by atoms with E-state index in [0.29, 0.717) is 6.04 Å². The molecule has 0 saturated heterocycles. The Labute approximate surface area is 103 Å². The van der Waals surface area contributed by atoms with Crippen LogP contribution in [0.2, 0.25) is 0 Å². The van der Waals surface area contributed by atoms with Gasteiger partial charge in [-0.15, -0.1) is 0 Å². The first-order valence-corrected chi connectivity index (χ1v) is 6.02. The molecule has 0 aromatic carbocycles. The predicted octanol–water partition coefficient (Wildman–Crippen LogP) is 0.491. The van der Waals surface area contributed by atoms with Gasteiger partial charge in [-0.05, 0) is 26.7 Å². The minimum Gasteiger partial charge on any atom is -0.468 e. The fourth-order valence-electron chi connectivity index (χ4n) is 1.60. The van der Waals surface area contributed by atoms with Gasteiger partial charge in [-0.1, -0.05) is 0 Å². The highest BCUT2D eigenvalue weighted by molar-refractivity contribution is 5.79. The second-order valence-electron chi connectivity index (χ2n) is 4.81. The highest BCUT2D eigenvalue weighted by Crippen LogP contribution is 2.25. The first-order valence-electron chi connectivity index (χ1n) is 6.02. The summed E-state index contributed by atoms with van der Waals surface area (Å²) in [7, 11) is 3.19. The lowest BCUT2D eigenvalue weighted by atomic mass is 10.3. The molecule has 0 heterocycles. The van der Waals surface area contributed by atoms with Gasteiger partial charge in [0.05, 0.1) is 20.2 Å². The smallest absolute Gasteiger partial charge is 0.319 e. The molecule has 1 aliphatic carbocycles. The molecule has 0 atom stereocenters. The Kier molecular flexibility index (Phi) is 4.93. The Bertz CT molecular complexity index is 287.